The number of hydrogen-bond donors (Lipinski definition) is 9. The molecule has 772 valence electrons. The van der Waals surface area contributed by atoms with Gasteiger partial charge in [-0.15, -0.1) is 0 Å². The first-order valence-electron chi connectivity index (χ1n) is 45.5. The van der Waals surface area contributed by atoms with Crippen LogP contribution in [0, 0.1) is 6.92 Å². The third-order valence-corrected chi connectivity index (χ3v) is 21.8. The van der Waals surface area contributed by atoms with Crippen molar-refractivity contribution in [2.24, 2.45) is 0 Å². The molecule has 0 saturated carbocycles. The average Bonchev–Trinajstić information content (AvgIpc) is 1.72. The molecule has 21 heterocycles. The van der Waals surface area contributed by atoms with E-state index in [0.29, 0.717) is 176 Å². The van der Waals surface area contributed by atoms with Crippen molar-refractivity contribution in [1.29, 1.82) is 0 Å². The van der Waals surface area contributed by atoms with Crippen molar-refractivity contribution < 1.29 is 112 Å². The van der Waals surface area contributed by atoms with Gasteiger partial charge in [0.2, 0.25) is 0 Å². The van der Waals surface area contributed by atoms with Gasteiger partial charge >= 0.3 is 47.8 Å². The Morgan fingerprint density at radius 3 is 0.897 bits per heavy atom. The first-order valence-corrected chi connectivity index (χ1v) is 45.5. The molecule has 9 N–H and O–H groups in total. The molecule has 0 bridgehead atoms. The monoisotopic (exact) mass is 2000 g/mol. The van der Waals surface area contributed by atoms with Gasteiger partial charge in [-0.25, -0.2) is 43.3 Å². The summed E-state index contributed by atoms with van der Waals surface area (Å²) in [5.74, 6) is -1.99. The molecule has 0 aliphatic carbocycles. The van der Waals surface area contributed by atoms with Crippen molar-refractivity contribution in [3.8, 4) is 0 Å². The molecular formula is C103H126N18O24. The van der Waals surface area contributed by atoms with E-state index in [1.54, 1.807) is 171 Å². The van der Waals surface area contributed by atoms with Gasteiger partial charge in [0.15, 0.2) is 44.7 Å². The summed E-state index contributed by atoms with van der Waals surface area (Å²) < 4.78 is 90.1. The number of ether oxygens (including phenoxy) is 8. The third kappa shape index (κ3) is 32.1. The number of piperidine rings is 1. The second-order valence-corrected chi connectivity index (χ2v) is 31.8. The second kappa shape index (κ2) is 56.0. The number of likely N-dealkylation sites (tertiary alicyclic amines) is 1. The number of nitrogens with zero attached hydrogens (tertiary/aromatic N) is 9. The zero-order chi connectivity index (χ0) is 98.6. The van der Waals surface area contributed by atoms with Crippen LogP contribution in [-0.4, -0.2) is 257 Å². The van der Waals surface area contributed by atoms with E-state index in [9.17, 15) is 38.4 Å². The fourth-order valence-corrected chi connectivity index (χ4v) is 14.2. The maximum atomic E-state index is 11.8. The van der Waals surface area contributed by atoms with E-state index < -0.39 is 5.97 Å². The van der Waals surface area contributed by atoms with Gasteiger partial charge in [-0.1, -0.05) is 50.0 Å². The zero-order valence-electron chi connectivity index (χ0n) is 78.4. The minimum absolute atomic E-state index is 0. The van der Waals surface area contributed by atoms with Gasteiger partial charge in [-0.3, -0.25) is 9.58 Å². The molecule has 1 saturated heterocycles. The Balaban J connectivity index is 0.000000169. The van der Waals surface area contributed by atoms with Gasteiger partial charge in [-0.05, 0) is 97.4 Å². The first kappa shape index (κ1) is 110. The van der Waals surface area contributed by atoms with E-state index in [1.807, 2.05) is 107 Å². The van der Waals surface area contributed by atoms with Crippen LogP contribution in [0.1, 0.15) is 153 Å². The van der Waals surface area contributed by atoms with Crippen molar-refractivity contribution in [1.82, 2.24) is 88.4 Å². The lowest BCUT2D eigenvalue weighted by molar-refractivity contribution is 0.0440. The SMILES string of the molecule is C.C.C.C.CCN(CC)CCOC(=O)c1cc2occc2[nH]1.CN(C)CCOC(=O)c1cc2occc2[nH]1.CNCCOC(=O)c1cc2occc2[nH]1.Cc1nccn1CCOC(=O)c1cc2occc2[nH]1.O=C(OCCN1CCCCC1)c1cc2occc2[nH]1.O=C(OCCn1cccc1)c1cc2occc2[nH]1.O=C(OCCn1cccc1)c1cc2occc2[nH]1.O=C(OCCn1cccn1)c1cc2occc2[nH]1. The van der Waals surface area contributed by atoms with Crippen LogP contribution in [0.5, 0.6) is 0 Å². The number of aromatic amines is 8. The van der Waals surface area contributed by atoms with Crippen molar-refractivity contribution >= 4 is 137 Å². The standard InChI is InChI=1S/C14H18N2O3.C13H13N3O3.2C13H12N2O3.C13H18N2O3.C12H11N3O3.C11H14N2O3.C10H12N2O3.4CH4/c17-14(12-10-13-11(15-12)4-8-18-13)19-9-7-16-5-2-1-3-6-16;1-9-14-3-4-16(9)5-7-19-13(17)11-8-12-10(15-11)2-6-18-12;2*16-13(18-8-6-15-4-1-2-5-15)11-9-12-10(14-11)3-7-17-12;1-3-15(4-2)6-8-18-13(16)11-9-12-10(14-11)5-7-17-12;16-12(18-7-5-15-4-1-3-13-15)10-8-11-9(14-10)2-6-17-11;1-13(2)4-6-16-11(14)9-7-10-8(12-9)3-5-15-10;1-11-3-5-15-10(13)8-6-9-7(12-8)2-4-14-9;;;;/h4,8,10,15H,1-3,5-7,9H2;2-4,6,8,15H,5,7H2,1H3;2*1-5,7,9,14H,6,8H2;5,7,9,14H,3-4,6,8H2,1-2H3;1-4,6,8,14H,5,7H2;3,5,7,12H,4,6H2,1-2H3;2,4,6,11-12H,3,5H2,1H3;4*1H4. The molecule has 0 spiro atoms. The topological polar surface area (TPSA) is 509 Å². The summed E-state index contributed by atoms with van der Waals surface area (Å²) in [6.07, 6.45) is 31.2. The fourth-order valence-electron chi connectivity index (χ4n) is 14.2. The van der Waals surface area contributed by atoms with Gasteiger partial charge in [-0.2, -0.15) is 5.10 Å². The highest BCUT2D eigenvalue weighted by molar-refractivity contribution is 5.98. The van der Waals surface area contributed by atoms with Crippen molar-refractivity contribution in [3.63, 3.8) is 0 Å². The number of aromatic nitrogens is 14. The van der Waals surface area contributed by atoms with Crippen LogP contribution in [0.3, 0.4) is 0 Å². The molecule has 20 aromatic rings. The average molecular weight is 2000 g/mol. The Morgan fingerprint density at radius 1 is 0.345 bits per heavy atom. The molecule has 1 fully saturated rings. The highest BCUT2D eigenvalue weighted by Crippen LogP contribution is 2.25. The number of furan rings is 8. The largest absolute Gasteiger partial charge is 0.463 e. The molecule has 0 radical (unpaired) electrons. The minimum Gasteiger partial charge on any atom is -0.463 e. The lowest BCUT2D eigenvalue weighted by Gasteiger charge is -2.25. The van der Waals surface area contributed by atoms with E-state index in [4.69, 9.17) is 73.2 Å². The number of H-pyrrole nitrogens is 8. The molecule has 0 aromatic carbocycles. The van der Waals surface area contributed by atoms with E-state index >= 15 is 0 Å². The second-order valence-electron chi connectivity index (χ2n) is 31.8. The van der Waals surface area contributed by atoms with Gasteiger partial charge < -0.3 is 142 Å². The summed E-state index contributed by atoms with van der Waals surface area (Å²) in [7, 11) is 5.65. The van der Waals surface area contributed by atoms with Crippen LogP contribution in [0.25, 0.3) is 88.8 Å². The lowest BCUT2D eigenvalue weighted by Crippen LogP contribution is -2.33. The summed E-state index contributed by atoms with van der Waals surface area (Å²) >= 11 is 0. The van der Waals surface area contributed by atoms with Gasteiger partial charge in [0.05, 0.1) is 120 Å². The zero-order valence-corrected chi connectivity index (χ0v) is 78.4. The predicted octanol–water partition coefficient (Wildman–Crippen LogP) is 18.6. The molecule has 0 unspecified atom stereocenters. The lowest BCUT2D eigenvalue weighted by atomic mass is 10.1. The van der Waals surface area contributed by atoms with Crippen LogP contribution < -0.4 is 5.32 Å². The Hall–Kier alpha value is -16.9. The van der Waals surface area contributed by atoms with Crippen molar-refractivity contribution in [2.75, 3.05) is 126 Å². The molecule has 145 heavy (non-hydrogen) atoms. The molecule has 21 rings (SSSR count). The number of nitrogens with one attached hydrogen (secondary N) is 9. The summed E-state index contributed by atoms with van der Waals surface area (Å²) in [5, 5.41) is 6.91. The van der Waals surface area contributed by atoms with Crippen molar-refractivity contribution in [2.45, 2.75) is 95.9 Å². The molecule has 42 nitrogen and oxygen atoms in total. The Kier molecular flexibility index (Phi) is 42.5. The summed E-state index contributed by atoms with van der Waals surface area (Å²) in [4.78, 5) is 128. The molecule has 20 aromatic heterocycles. The number of imidazole rings is 1. The van der Waals surface area contributed by atoms with Crippen LogP contribution in [0.2, 0.25) is 0 Å². The maximum absolute atomic E-state index is 11.8. The van der Waals surface area contributed by atoms with Gasteiger partial charge in [0.1, 0.15) is 104 Å². The number of rotatable bonds is 34. The Morgan fingerprint density at radius 2 is 0.628 bits per heavy atom. The summed E-state index contributed by atoms with van der Waals surface area (Å²) in [6.45, 7) is 18.4. The molecular weight excluding hydrogens is 1870 g/mol. The molecule has 1 aliphatic heterocycles. The smallest absolute Gasteiger partial charge is 0.354 e. The van der Waals surface area contributed by atoms with E-state index in [0.717, 1.165) is 89.2 Å². The number of carbonyl (C=O) groups excluding carboxylic acids is 8. The fraction of sp³-hybridized carbons (Fsp3) is 0.320. The van der Waals surface area contributed by atoms with Gasteiger partial charge in [0.25, 0.3) is 0 Å². The summed E-state index contributed by atoms with van der Waals surface area (Å²) in [6, 6.07) is 36.9. The normalized spacial score (nSPS) is 11.4. The van der Waals surface area contributed by atoms with Crippen LogP contribution in [0.15, 0.2) is 262 Å². The number of esters is 8. The maximum Gasteiger partial charge on any atom is 0.354 e. The molecule has 0 amide bonds. The highest BCUT2D eigenvalue weighted by atomic mass is 16.6. The van der Waals surface area contributed by atoms with Crippen molar-refractivity contribution in [3.05, 3.63) is 278 Å². The van der Waals surface area contributed by atoms with Gasteiger partial charge in [0, 0.05) is 173 Å². The molecule has 1 aliphatic rings. The molecule has 42 heteroatoms. The first-order chi connectivity index (χ1) is 68.8. The number of hydrogen-bond acceptors (Lipinski definition) is 30. The Labute approximate surface area is 833 Å². The minimum atomic E-state index is -0.395. The number of likely N-dealkylation sites (N-methyl/N-ethyl adjacent to an activating group) is 3. The summed E-state index contributed by atoms with van der Waals surface area (Å²) in [5.41, 5.74) is 15.1. The van der Waals surface area contributed by atoms with E-state index in [2.05, 4.69) is 78.9 Å². The highest BCUT2D eigenvalue weighted by Gasteiger charge is 2.22. The number of carbonyl (C=O) groups is 8. The quantitative estimate of drug-likeness (QED) is 0.0103. The Bertz CT molecular complexity index is 6690. The third-order valence-electron chi connectivity index (χ3n) is 21.8. The van der Waals surface area contributed by atoms with Crippen LogP contribution in [-0.2, 0) is 64.1 Å². The predicted molar refractivity (Wildman–Crippen MR) is 542 cm³/mol. The van der Waals surface area contributed by atoms with Crippen LogP contribution >= 0.6 is 0 Å². The van der Waals surface area contributed by atoms with E-state index in [-0.39, 0.29) is 78.1 Å². The number of fused-ring (bicyclic) bond motifs is 8. The molecule has 0 atom stereocenters. The van der Waals surface area contributed by atoms with E-state index in [1.165, 1.54) is 19.3 Å². The number of aryl methyl sites for hydroxylation is 1. The van der Waals surface area contributed by atoms with Crippen LogP contribution in [0.4, 0.5) is 0 Å².